The quantitative estimate of drug-likeness (QED) is 0.405. The Bertz CT molecular complexity index is 273. The number of halogens is 1. The molecule has 18 heavy (non-hydrogen) atoms. The molecule has 0 spiro atoms. The first-order valence-corrected chi connectivity index (χ1v) is 6.99. The van der Waals surface area contributed by atoms with Crippen LogP contribution in [0.3, 0.4) is 0 Å². The van der Waals surface area contributed by atoms with Crippen molar-refractivity contribution in [2.24, 2.45) is 4.99 Å². The number of hydrogen-bond acceptors (Lipinski definition) is 2. The first-order chi connectivity index (χ1) is 8.22. The smallest absolute Gasteiger partial charge is 0.191 e. The number of aliphatic hydroxyl groups is 1. The molecule has 0 bridgehead atoms. The third-order valence-corrected chi connectivity index (χ3v) is 3.58. The van der Waals surface area contributed by atoms with Crippen LogP contribution in [0.4, 0.5) is 0 Å². The molecule has 4 nitrogen and oxygen atoms in total. The van der Waals surface area contributed by atoms with Crippen molar-refractivity contribution >= 4 is 29.9 Å². The average Bonchev–Trinajstić information content (AvgIpc) is 3.11. The van der Waals surface area contributed by atoms with Crippen LogP contribution in [-0.2, 0) is 0 Å². The van der Waals surface area contributed by atoms with Crippen LogP contribution < -0.4 is 10.6 Å². The summed E-state index contributed by atoms with van der Waals surface area (Å²) in [6, 6.07) is 0.605. The minimum absolute atomic E-state index is 0. The molecule has 2 saturated carbocycles. The minimum atomic E-state index is -0.551. The van der Waals surface area contributed by atoms with E-state index in [-0.39, 0.29) is 24.0 Å². The van der Waals surface area contributed by atoms with Crippen LogP contribution in [0.1, 0.15) is 51.9 Å². The fourth-order valence-corrected chi connectivity index (χ4v) is 2.34. The summed E-state index contributed by atoms with van der Waals surface area (Å²) in [7, 11) is 0. The van der Waals surface area contributed by atoms with Crippen LogP contribution >= 0.6 is 24.0 Å². The summed E-state index contributed by atoms with van der Waals surface area (Å²) in [4.78, 5) is 4.53. The Morgan fingerprint density at radius 1 is 1.28 bits per heavy atom. The predicted molar refractivity (Wildman–Crippen MR) is 85.6 cm³/mol. The molecule has 106 valence electrons. The van der Waals surface area contributed by atoms with Gasteiger partial charge in [0.25, 0.3) is 0 Å². The van der Waals surface area contributed by atoms with E-state index in [9.17, 15) is 5.11 Å². The number of aliphatic imine (C=N–C) groups is 1. The molecule has 0 aromatic heterocycles. The summed E-state index contributed by atoms with van der Waals surface area (Å²) in [6.07, 6.45) is 7.83. The second-order valence-corrected chi connectivity index (χ2v) is 5.40. The van der Waals surface area contributed by atoms with Gasteiger partial charge in [-0.1, -0.05) is 19.3 Å². The monoisotopic (exact) mass is 367 g/mol. The summed E-state index contributed by atoms with van der Waals surface area (Å²) >= 11 is 0. The van der Waals surface area contributed by atoms with Crippen molar-refractivity contribution in [2.45, 2.75) is 63.5 Å². The molecule has 0 amide bonds. The largest absolute Gasteiger partial charge is 0.388 e. The maximum absolute atomic E-state index is 10.4. The van der Waals surface area contributed by atoms with Gasteiger partial charge in [0.15, 0.2) is 5.96 Å². The van der Waals surface area contributed by atoms with Crippen LogP contribution in [0.15, 0.2) is 4.99 Å². The molecule has 2 rings (SSSR count). The Hall–Kier alpha value is -0.0400. The summed E-state index contributed by atoms with van der Waals surface area (Å²) in [5, 5.41) is 17.0. The first-order valence-electron chi connectivity index (χ1n) is 6.99. The fourth-order valence-electron chi connectivity index (χ4n) is 2.34. The highest BCUT2D eigenvalue weighted by molar-refractivity contribution is 14.0. The molecule has 0 saturated heterocycles. The lowest BCUT2D eigenvalue weighted by Crippen LogP contribution is -2.41. The SMILES string of the molecule is CCNC(=NCC1(O)CCCCC1)NC1CC1.I. The Morgan fingerprint density at radius 3 is 2.50 bits per heavy atom. The fraction of sp³-hybridized carbons (Fsp3) is 0.923. The van der Waals surface area contributed by atoms with E-state index in [0.29, 0.717) is 12.6 Å². The molecule has 3 N–H and O–H groups in total. The second-order valence-electron chi connectivity index (χ2n) is 5.40. The van der Waals surface area contributed by atoms with E-state index in [1.807, 2.05) is 0 Å². The van der Waals surface area contributed by atoms with Gasteiger partial charge in [-0.05, 0) is 32.6 Å². The Kier molecular flexibility index (Phi) is 6.70. The van der Waals surface area contributed by atoms with Crippen LogP contribution in [0.25, 0.3) is 0 Å². The second kappa shape index (κ2) is 7.53. The van der Waals surface area contributed by atoms with Gasteiger partial charge in [0.2, 0.25) is 0 Å². The number of nitrogens with one attached hydrogen (secondary N) is 2. The molecule has 2 aliphatic carbocycles. The number of guanidine groups is 1. The lowest BCUT2D eigenvalue weighted by molar-refractivity contribution is 0.0131. The normalized spacial score (nSPS) is 23.1. The highest BCUT2D eigenvalue weighted by Gasteiger charge is 2.29. The summed E-state index contributed by atoms with van der Waals surface area (Å²) in [6.45, 7) is 3.48. The van der Waals surface area contributed by atoms with Crippen LogP contribution in [0.2, 0.25) is 0 Å². The van der Waals surface area contributed by atoms with Gasteiger partial charge < -0.3 is 15.7 Å². The van der Waals surface area contributed by atoms with Crippen molar-refractivity contribution in [3.05, 3.63) is 0 Å². The van der Waals surface area contributed by atoms with Crippen molar-refractivity contribution in [2.75, 3.05) is 13.1 Å². The Morgan fingerprint density at radius 2 is 1.94 bits per heavy atom. The van der Waals surface area contributed by atoms with Gasteiger partial charge in [-0.25, -0.2) is 0 Å². The molecule has 0 aliphatic heterocycles. The topological polar surface area (TPSA) is 56.7 Å². The molecule has 0 aromatic rings. The van der Waals surface area contributed by atoms with Crippen molar-refractivity contribution in [1.82, 2.24) is 10.6 Å². The van der Waals surface area contributed by atoms with E-state index < -0.39 is 5.60 Å². The molecule has 0 heterocycles. The zero-order valence-corrected chi connectivity index (χ0v) is 13.6. The molecule has 0 aromatic carbocycles. The summed E-state index contributed by atoms with van der Waals surface area (Å²) in [5.74, 6) is 0.869. The van der Waals surface area contributed by atoms with Crippen LogP contribution in [0, 0.1) is 0 Å². The van der Waals surface area contributed by atoms with Gasteiger partial charge in [0.05, 0.1) is 12.1 Å². The molecular formula is C13H26IN3O. The van der Waals surface area contributed by atoms with Gasteiger partial charge >= 0.3 is 0 Å². The Balaban J connectivity index is 0.00000162. The highest BCUT2D eigenvalue weighted by atomic mass is 127. The highest BCUT2D eigenvalue weighted by Crippen LogP contribution is 2.28. The predicted octanol–water partition coefficient (Wildman–Crippen LogP) is 2.02. The summed E-state index contributed by atoms with van der Waals surface area (Å²) < 4.78 is 0. The lowest BCUT2D eigenvalue weighted by atomic mass is 9.85. The van der Waals surface area contributed by atoms with Gasteiger partial charge in [-0.2, -0.15) is 0 Å². The molecule has 0 atom stereocenters. The maximum Gasteiger partial charge on any atom is 0.191 e. The summed E-state index contributed by atoms with van der Waals surface area (Å²) in [5.41, 5.74) is -0.551. The maximum atomic E-state index is 10.4. The van der Waals surface area contributed by atoms with Crippen molar-refractivity contribution < 1.29 is 5.11 Å². The minimum Gasteiger partial charge on any atom is -0.388 e. The number of nitrogens with zero attached hydrogens (tertiary/aromatic N) is 1. The molecule has 0 radical (unpaired) electrons. The number of rotatable bonds is 4. The Labute approximate surface area is 127 Å². The van der Waals surface area contributed by atoms with Crippen LogP contribution in [0.5, 0.6) is 0 Å². The van der Waals surface area contributed by atoms with Crippen molar-refractivity contribution in [1.29, 1.82) is 0 Å². The van der Waals surface area contributed by atoms with Crippen LogP contribution in [-0.4, -0.2) is 35.8 Å². The van der Waals surface area contributed by atoms with Crippen molar-refractivity contribution in [3.63, 3.8) is 0 Å². The zero-order valence-electron chi connectivity index (χ0n) is 11.2. The lowest BCUT2D eigenvalue weighted by Gasteiger charge is -2.30. The van der Waals surface area contributed by atoms with E-state index in [1.54, 1.807) is 0 Å². The van der Waals surface area contributed by atoms with E-state index in [2.05, 4.69) is 22.5 Å². The third kappa shape index (κ3) is 5.30. The van der Waals surface area contributed by atoms with Gasteiger partial charge in [0.1, 0.15) is 0 Å². The number of hydrogen-bond donors (Lipinski definition) is 3. The first kappa shape index (κ1) is 16.0. The molecule has 5 heteroatoms. The standard InChI is InChI=1S/C13H25N3O.HI/c1-2-14-12(16-11-6-7-11)15-10-13(17)8-4-3-5-9-13;/h11,17H,2-10H2,1H3,(H2,14,15,16);1H. The molecule has 0 unspecified atom stereocenters. The molecule has 2 aliphatic rings. The van der Waals surface area contributed by atoms with E-state index in [0.717, 1.165) is 38.2 Å². The van der Waals surface area contributed by atoms with E-state index in [4.69, 9.17) is 0 Å². The van der Waals surface area contributed by atoms with Gasteiger partial charge in [-0.3, -0.25) is 4.99 Å². The van der Waals surface area contributed by atoms with Gasteiger partial charge in [-0.15, -0.1) is 24.0 Å². The van der Waals surface area contributed by atoms with Gasteiger partial charge in [0, 0.05) is 12.6 Å². The molecular weight excluding hydrogens is 341 g/mol. The van der Waals surface area contributed by atoms with Crippen molar-refractivity contribution in [3.8, 4) is 0 Å². The average molecular weight is 367 g/mol. The van der Waals surface area contributed by atoms with E-state index >= 15 is 0 Å². The zero-order chi connectivity index (χ0) is 12.1. The van der Waals surface area contributed by atoms with E-state index in [1.165, 1.54) is 19.3 Å². The molecule has 2 fully saturated rings. The third-order valence-electron chi connectivity index (χ3n) is 3.58.